The first-order valence-corrected chi connectivity index (χ1v) is 13.8. The van der Waals surface area contributed by atoms with E-state index in [0.29, 0.717) is 45.0 Å². The van der Waals surface area contributed by atoms with Gasteiger partial charge in [0.15, 0.2) is 16.7 Å². The number of likely N-dealkylation sites (N-methyl/N-ethyl adjacent to an activating group) is 1. The third-order valence-corrected chi connectivity index (χ3v) is 7.52. The number of rotatable bonds is 8. The number of carbonyl (C=O) groups is 2. The van der Waals surface area contributed by atoms with Gasteiger partial charge in [0, 0.05) is 12.6 Å². The highest BCUT2D eigenvalue weighted by atomic mass is 127. The number of ether oxygens (including phenoxy) is 3. The number of halogens is 1. The molecule has 0 atom stereocenters. The Morgan fingerprint density at radius 2 is 1.90 bits per heavy atom. The van der Waals surface area contributed by atoms with Crippen molar-refractivity contribution in [3.05, 3.63) is 91.4 Å². The van der Waals surface area contributed by atoms with Crippen LogP contribution in [0.25, 0.3) is 6.08 Å². The molecule has 10 heteroatoms. The molecule has 1 heterocycles. The van der Waals surface area contributed by atoms with Gasteiger partial charge in [-0.3, -0.25) is 9.69 Å². The fourth-order valence-corrected chi connectivity index (χ4v) is 5.45. The summed E-state index contributed by atoms with van der Waals surface area (Å²) in [4.78, 5) is 31.2. The van der Waals surface area contributed by atoms with Crippen LogP contribution < -0.4 is 9.47 Å². The molecule has 1 saturated heterocycles. The second-order valence-electron chi connectivity index (χ2n) is 8.23. The van der Waals surface area contributed by atoms with E-state index in [1.165, 1.54) is 23.8 Å². The van der Waals surface area contributed by atoms with Crippen LogP contribution in [0.1, 0.15) is 34.0 Å². The smallest absolute Gasteiger partial charge is 0.337 e. The molecular formula is C29H24IN3O5S. The van der Waals surface area contributed by atoms with Crippen LogP contribution in [0.5, 0.6) is 11.5 Å². The van der Waals surface area contributed by atoms with Crippen LogP contribution in [0.2, 0.25) is 0 Å². The van der Waals surface area contributed by atoms with Crippen molar-refractivity contribution in [2.45, 2.75) is 13.5 Å². The van der Waals surface area contributed by atoms with Gasteiger partial charge in [-0.05, 0) is 95.4 Å². The summed E-state index contributed by atoms with van der Waals surface area (Å²) in [5, 5.41) is 9.89. The number of nitriles is 1. The summed E-state index contributed by atoms with van der Waals surface area (Å²) in [7, 11) is 3.00. The SMILES string of the molecule is CCOc1cc(C=C2SC(=Nc3ccc(C(=O)OC)cc3)N(C)C2=O)cc(I)c1OCc1ccccc1C#N. The number of amidine groups is 1. The Morgan fingerprint density at radius 1 is 1.15 bits per heavy atom. The van der Waals surface area contributed by atoms with Crippen molar-refractivity contribution in [1.82, 2.24) is 4.90 Å². The quantitative estimate of drug-likeness (QED) is 0.163. The van der Waals surface area contributed by atoms with Crippen molar-refractivity contribution in [2.75, 3.05) is 20.8 Å². The number of hydrogen-bond donors (Lipinski definition) is 0. The Hall–Kier alpha value is -3.82. The van der Waals surface area contributed by atoms with Crippen molar-refractivity contribution in [3.8, 4) is 17.6 Å². The number of nitrogens with zero attached hydrogens (tertiary/aromatic N) is 3. The molecule has 3 aromatic rings. The average Bonchev–Trinajstić information content (AvgIpc) is 3.20. The molecule has 0 N–H and O–H groups in total. The molecule has 0 saturated carbocycles. The first kappa shape index (κ1) is 28.2. The Bertz CT molecular complexity index is 1510. The topological polar surface area (TPSA) is 101 Å². The van der Waals surface area contributed by atoms with E-state index in [0.717, 1.165) is 14.7 Å². The van der Waals surface area contributed by atoms with Gasteiger partial charge in [0.05, 0.1) is 45.1 Å². The van der Waals surface area contributed by atoms with Crippen LogP contribution in [-0.2, 0) is 16.1 Å². The Balaban J connectivity index is 1.57. The summed E-state index contributed by atoms with van der Waals surface area (Å²) >= 11 is 3.44. The number of thioether (sulfide) groups is 1. The lowest BCUT2D eigenvalue weighted by atomic mass is 10.1. The number of benzene rings is 3. The zero-order valence-corrected chi connectivity index (χ0v) is 24.4. The lowest BCUT2D eigenvalue weighted by Crippen LogP contribution is -2.23. The standard InChI is InChI=1S/C29H24IN3O5S/c1-4-37-24-14-18(13-23(30)26(24)38-17-21-8-6-5-7-20(21)16-31)15-25-27(34)33(2)29(39-25)32-22-11-9-19(10-12-22)28(35)36-3/h5-15H,4,17H2,1-3H3. The number of methoxy groups -OCH3 is 1. The van der Waals surface area contributed by atoms with Crippen LogP contribution in [0, 0.1) is 14.9 Å². The third kappa shape index (κ3) is 6.61. The average molecular weight is 653 g/mol. The fraction of sp³-hybridized carbons (Fsp3) is 0.172. The maximum absolute atomic E-state index is 13.0. The molecule has 0 aromatic heterocycles. The molecule has 3 aromatic carbocycles. The summed E-state index contributed by atoms with van der Waals surface area (Å²) in [6, 6.07) is 19.9. The number of hydrogen-bond acceptors (Lipinski definition) is 8. The predicted molar refractivity (Wildman–Crippen MR) is 159 cm³/mol. The molecule has 0 bridgehead atoms. The van der Waals surface area contributed by atoms with Crippen molar-refractivity contribution in [1.29, 1.82) is 5.26 Å². The summed E-state index contributed by atoms with van der Waals surface area (Å²) < 4.78 is 17.5. The maximum Gasteiger partial charge on any atom is 0.337 e. The van der Waals surface area contributed by atoms with Gasteiger partial charge >= 0.3 is 5.97 Å². The van der Waals surface area contributed by atoms with Gasteiger partial charge in [-0.2, -0.15) is 5.26 Å². The molecular weight excluding hydrogens is 629 g/mol. The fourth-order valence-electron chi connectivity index (χ4n) is 3.68. The zero-order valence-electron chi connectivity index (χ0n) is 21.4. The molecule has 1 aliphatic rings. The van der Waals surface area contributed by atoms with Crippen LogP contribution in [-0.4, -0.2) is 42.7 Å². The minimum atomic E-state index is -0.425. The van der Waals surface area contributed by atoms with Gasteiger partial charge < -0.3 is 14.2 Å². The highest BCUT2D eigenvalue weighted by Crippen LogP contribution is 2.38. The van der Waals surface area contributed by atoms with Gasteiger partial charge in [-0.25, -0.2) is 9.79 Å². The number of carbonyl (C=O) groups excluding carboxylic acids is 2. The maximum atomic E-state index is 13.0. The number of esters is 1. The van der Waals surface area contributed by atoms with Crippen molar-refractivity contribution >= 4 is 63.2 Å². The van der Waals surface area contributed by atoms with Crippen LogP contribution in [0.15, 0.2) is 70.6 Å². The van der Waals surface area contributed by atoms with Crippen molar-refractivity contribution in [2.24, 2.45) is 4.99 Å². The zero-order chi connectivity index (χ0) is 27.9. The Labute approximate surface area is 244 Å². The molecule has 1 amide bonds. The highest BCUT2D eigenvalue weighted by Gasteiger charge is 2.30. The molecule has 8 nitrogen and oxygen atoms in total. The monoisotopic (exact) mass is 653 g/mol. The molecule has 0 spiro atoms. The second-order valence-corrected chi connectivity index (χ2v) is 10.4. The Kier molecular flexibility index (Phi) is 9.27. The summed E-state index contributed by atoms with van der Waals surface area (Å²) in [5.41, 5.74) is 3.16. The van der Waals surface area contributed by atoms with Crippen molar-refractivity contribution in [3.63, 3.8) is 0 Å². The molecule has 0 aliphatic carbocycles. The summed E-state index contributed by atoms with van der Waals surface area (Å²) in [6.07, 6.45) is 1.80. The minimum Gasteiger partial charge on any atom is -0.490 e. The van der Waals surface area contributed by atoms with Gasteiger partial charge in [-0.1, -0.05) is 18.2 Å². The minimum absolute atomic E-state index is 0.175. The van der Waals surface area contributed by atoms with E-state index in [9.17, 15) is 14.9 Å². The summed E-state index contributed by atoms with van der Waals surface area (Å²) in [5.74, 6) is 0.527. The second kappa shape index (κ2) is 12.8. The third-order valence-electron chi connectivity index (χ3n) is 5.66. The predicted octanol–water partition coefficient (Wildman–Crippen LogP) is 6.16. The lowest BCUT2D eigenvalue weighted by molar-refractivity contribution is -0.121. The van der Waals surface area contributed by atoms with Crippen LogP contribution in [0.4, 0.5) is 5.69 Å². The number of aliphatic imine (C=N–C) groups is 1. The van der Waals surface area contributed by atoms with E-state index in [2.05, 4.69) is 33.7 Å². The van der Waals surface area contributed by atoms with Crippen LogP contribution in [0.3, 0.4) is 0 Å². The lowest BCUT2D eigenvalue weighted by Gasteiger charge is -2.15. The van der Waals surface area contributed by atoms with Gasteiger partial charge in [-0.15, -0.1) is 0 Å². The largest absolute Gasteiger partial charge is 0.490 e. The van der Waals surface area contributed by atoms with E-state index in [1.54, 1.807) is 43.5 Å². The Morgan fingerprint density at radius 3 is 2.59 bits per heavy atom. The first-order chi connectivity index (χ1) is 18.8. The molecule has 198 valence electrons. The first-order valence-electron chi connectivity index (χ1n) is 11.9. The van der Waals surface area contributed by atoms with Gasteiger partial charge in [0.2, 0.25) is 0 Å². The normalized spacial score (nSPS) is 14.9. The number of amides is 1. The summed E-state index contributed by atoms with van der Waals surface area (Å²) in [6.45, 7) is 2.54. The molecule has 0 unspecified atom stereocenters. The van der Waals surface area contributed by atoms with Crippen LogP contribution >= 0.6 is 34.4 Å². The van der Waals surface area contributed by atoms with Gasteiger partial charge in [0.25, 0.3) is 5.91 Å². The molecule has 0 radical (unpaired) electrons. The molecule has 1 aliphatic heterocycles. The highest BCUT2D eigenvalue weighted by molar-refractivity contribution is 14.1. The molecule has 1 fully saturated rings. The van der Waals surface area contributed by atoms with E-state index in [1.807, 2.05) is 37.3 Å². The molecule has 39 heavy (non-hydrogen) atoms. The van der Waals surface area contributed by atoms with Crippen molar-refractivity contribution < 1.29 is 23.8 Å². The van der Waals surface area contributed by atoms with E-state index in [-0.39, 0.29) is 12.5 Å². The van der Waals surface area contributed by atoms with E-state index in [4.69, 9.17) is 14.2 Å². The van der Waals surface area contributed by atoms with Gasteiger partial charge in [0.1, 0.15) is 6.61 Å². The molecule has 4 rings (SSSR count). The van der Waals surface area contributed by atoms with E-state index < -0.39 is 5.97 Å². The van der Waals surface area contributed by atoms with E-state index >= 15 is 0 Å².